The molecule has 0 saturated heterocycles. The molecule has 0 unspecified atom stereocenters. The number of alkyl halides is 3. The van der Waals surface area contributed by atoms with Gasteiger partial charge in [0.25, 0.3) is 0 Å². The number of aromatic nitrogens is 2. The van der Waals surface area contributed by atoms with Crippen LogP contribution < -0.4 is 9.64 Å². The van der Waals surface area contributed by atoms with Crippen LogP contribution in [0.2, 0.25) is 0 Å². The molecular weight excluding hydrogens is 343 g/mol. The first-order valence-electron chi connectivity index (χ1n) is 8.65. The predicted molar refractivity (Wildman–Crippen MR) is 96.0 cm³/mol. The van der Waals surface area contributed by atoms with Gasteiger partial charge in [-0.15, -0.1) is 0 Å². The topological polar surface area (TPSA) is 38.2 Å². The van der Waals surface area contributed by atoms with Crippen molar-refractivity contribution in [1.82, 2.24) is 9.97 Å². The molecule has 142 valence electrons. The van der Waals surface area contributed by atoms with Crippen LogP contribution in [0.3, 0.4) is 0 Å². The van der Waals surface area contributed by atoms with Crippen molar-refractivity contribution in [2.75, 3.05) is 18.6 Å². The molecule has 0 aliphatic carbocycles. The Kier molecular flexibility index (Phi) is 6.45. The molecule has 0 N–H and O–H groups in total. The van der Waals surface area contributed by atoms with Gasteiger partial charge in [-0.1, -0.05) is 45.4 Å². The Labute approximate surface area is 152 Å². The van der Waals surface area contributed by atoms with Crippen LogP contribution in [0.15, 0.2) is 30.5 Å². The third-order valence-corrected chi connectivity index (χ3v) is 4.00. The fraction of sp³-hybridized carbons (Fsp3) is 0.474. The molecule has 1 heterocycles. The standard InChI is InChI=1S/C19H24F3N3O/c1-5-6-11-26-17-15(19(20,21)22)12-23-18(24-17)25(4)16-10-8-7-9-14(16)13(2)3/h7-10,12-13H,5-6,11H2,1-4H3. The molecule has 0 fully saturated rings. The van der Waals surface area contributed by atoms with Crippen LogP contribution in [0.4, 0.5) is 24.8 Å². The summed E-state index contributed by atoms with van der Waals surface area (Å²) >= 11 is 0. The zero-order chi connectivity index (χ0) is 19.3. The van der Waals surface area contributed by atoms with Crippen LogP contribution in [-0.4, -0.2) is 23.6 Å². The van der Waals surface area contributed by atoms with E-state index in [2.05, 4.69) is 23.8 Å². The van der Waals surface area contributed by atoms with E-state index in [1.54, 1.807) is 11.9 Å². The minimum Gasteiger partial charge on any atom is -0.477 e. The van der Waals surface area contributed by atoms with Gasteiger partial charge in [-0.2, -0.15) is 18.2 Å². The van der Waals surface area contributed by atoms with Crippen LogP contribution in [0.25, 0.3) is 0 Å². The van der Waals surface area contributed by atoms with Gasteiger partial charge in [0.1, 0.15) is 5.56 Å². The van der Waals surface area contributed by atoms with Crippen molar-refractivity contribution in [2.45, 2.75) is 45.7 Å². The SMILES string of the molecule is CCCCOc1nc(N(C)c2ccccc2C(C)C)ncc1C(F)(F)F. The number of unbranched alkanes of at least 4 members (excludes halogenated alkanes) is 1. The van der Waals surface area contributed by atoms with Gasteiger partial charge in [0.05, 0.1) is 6.61 Å². The maximum Gasteiger partial charge on any atom is 0.423 e. The zero-order valence-electron chi connectivity index (χ0n) is 15.5. The van der Waals surface area contributed by atoms with Crippen LogP contribution in [-0.2, 0) is 6.18 Å². The highest BCUT2D eigenvalue weighted by Crippen LogP contribution is 2.37. The van der Waals surface area contributed by atoms with Gasteiger partial charge in [-0.05, 0) is 24.0 Å². The van der Waals surface area contributed by atoms with E-state index in [-0.39, 0.29) is 18.5 Å². The van der Waals surface area contributed by atoms with Gasteiger partial charge in [0.2, 0.25) is 11.8 Å². The summed E-state index contributed by atoms with van der Waals surface area (Å²) in [5.41, 5.74) is 0.955. The fourth-order valence-electron chi connectivity index (χ4n) is 2.53. The average Bonchev–Trinajstić information content (AvgIpc) is 2.60. The van der Waals surface area contributed by atoms with Crippen molar-refractivity contribution in [3.8, 4) is 5.88 Å². The number of halogens is 3. The van der Waals surface area contributed by atoms with Gasteiger partial charge in [-0.3, -0.25) is 0 Å². The number of hydrogen-bond acceptors (Lipinski definition) is 4. The molecule has 0 aliphatic heterocycles. The van der Waals surface area contributed by atoms with Crippen molar-refractivity contribution in [3.05, 3.63) is 41.6 Å². The second kappa shape index (κ2) is 8.38. The molecule has 0 atom stereocenters. The highest BCUT2D eigenvalue weighted by atomic mass is 19.4. The molecule has 4 nitrogen and oxygen atoms in total. The summed E-state index contributed by atoms with van der Waals surface area (Å²) in [4.78, 5) is 9.67. The van der Waals surface area contributed by atoms with E-state index in [1.807, 2.05) is 31.2 Å². The molecule has 0 spiro atoms. The van der Waals surface area contributed by atoms with E-state index < -0.39 is 17.6 Å². The molecular formula is C19H24F3N3O. The van der Waals surface area contributed by atoms with Crippen molar-refractivity contribution < 1.29 is 17.9 Å². The normalized spacial score (nSPS) is 11.7. The monoisotopic (exact) mass is 367 g/mol. The number of benzene rings is 1. The average molecular weight is 367 g/mol. The second-order valence-corrected chi connectivity index (χ2v) is 6.36. The van der Waals surface area contributed by atoms with E-state index in [1.165, 1.54) is 0 Å². The Balaban J connectivity index is 2.42. The largest absolute Gasteiger partial charge is 0.477 e. The zero-order valence-corrected chi connectivity index (χ0v) is 15.5. The first-order valence-corrected chi connectivity index (χ1v) is 8.65. The maximum atomic E-state index is 13.2. The Morgan fingerprint density at radius 3 is 2.50 bits per heavy atom. The van der Waals surface area contributed by atoms with Crippen molar-refractivity contribution in [3.63, 3.8) is 0 Å². The number of anilines is 2. The molecule has 0 aliphatic rings. The van der Waals surface area contributed by atoms with E-state index in [0.29, 0.717) is 6.42 Å². The Morgan fingerprint density at radius 1 is 1.19 bits per heavy atom. The van der Waals surface area contributed by atoms with Crippen molar-refractivity contribution in [1.29, 1.82) is 0 Å². The van der Waals surface area contributed by atoms with E-state index in [4.69, 9.17) is 4.74 Å². The summed E-state index contributed by atoms with van der Waals surface area (Å²) < 4.78 is 44.9. The molecule has 1 aromatic heterocycles. The Hall–Kier alpha value is -2.31. The van der Waals surface area contributed by atoms with Gasteiger partial charge >= 0.3 is 6.18 Å². The second-order valence-electron chi connectivity index (χ2n) is 6.36. The molecule has 1 aromatic carbocycles. The number of para-hydroxylation sites is 1. The van der Waals surface area contributed by atoms with E-state index in [9.17, 15) is 13.2 Å². The summed E-state index contributed by atoms with van der Waals surface area (Å²) in [6, 6.07) is 7.69. The maximum absolute atomic E-state index is 13.2. The first-order chi connectivity index (χ1) is 12.3. The molecule has 2 aromatic rings. The van der Waals surface area contributed by atoms with E-state index in [0.717, 1.165) is 23.9 Å². The van der Waals surface area contributed by atoms with Gasteiger partial charge in [-0.25, -0.2) is 4.98 Å². The summed E-state index contributed by atoms with van der Waals surface area (Å²) in [7, 11) is 1.74. The number of nitrogens with zero attached hydrogens (tertiary/aromatic N) is 3. The Bertz CT molecular complexity index is 732. The van der Waals surface area contributed by atoms with Crippen LogP contribution in [0.1, 0.15) is 50.7 Å². The summed E-state index contributed by atoms with van der Waals surface area (Å²) in [6.45, 7) is 6.23. The van der Waals surface area contributed by atoms with Gasteiger partial charge in [0, 0.05) is 18.9 Å². The number of ether oxygens (including phenoxy) is 1. The Morgan fingerprint density at radius 2 is 1.88 bits per heavy atom. The number of hydrogen-bond donors (Lipinski definition) is 0. The van der Waals surface area contributed by atoms with Crippen molar-refractivity contribution >= 4 is 11.6 Å². The fourth-order valence-corrected chi connectivity index (χ4v) is 2.53. The third kappa shape index (κ3) is 4.65. The smallest absolute Gasteiger partial charge is 0.423 e. The minimum absolute atomic E-state index is 0.164. The third-order valence-electron chi connectivity index (χ3n) is 4.00. The lowest BCUT2D eigenvalue weighted by atomic mass is 10.0. The molecule has 0 saturated carbocycles. The van der Waals surface area contributed by atoms with Crippen LogP contribution in [0.5, 0.6) is 5.88 Å². The summed E-state index contributed by atoms with van der Waals surface area (Å²) in [5.74, 6) is -0.00852. The van der Waals surface area contributed by atoms with Crippen molar-refractivity contribution in [2.24, 2.45) is 0 Å². The van der Waals surface area contributed by atoms with Crippen LogP contribution >= 0.6 is 0 Å². The molecule has 0 bridgehead atoms. The van der Waals surface area contributed by atoms with Crippen LogP contribution in [0, 0.1) is 0 Å². The quantitative estimate of drug-likeness (QED) is 0.600. The lowest BCUT2D eigenvalue weighted by Crippen LogP contribution is -2.18. The first kappa shape index (κ1) is 20.0. The molecule has 7 heteroatoms. The lowest BCUT2D eigenvalue weighted by molar-refractivity contribution is -0.139. The summed E-state index contributed by atoms with van der Waals surface area (Å²) in [5, 5.41) is 0. The van der Waals surface area contributed by atoms with E-state index >= 15 is 0 Å². The summed E-state index contributed by atoms with van der Waals surface area (Å²) in [6.07, 6.45) is -2.30. The molecule has 0 amide bonds. The lowest BCUT2D eigenvalue weighted by Gasteiger charge is -2.23. The number of rotatable bonds is 7. The highest BCUT2D eigenvalue weighted by Gasteiger charge is 2.36. The molecule has 2 rings (SSSR count). The minimum atomic E-state index is -4.56. The predicted octanol–water partition coefficient (Wildman–Crippen LogP) is 5.57. The highest BCUT2D eigenvalue weighted by molar-refractivity contribution is 5.62. The van der Waals surface area contributed by atoms with Gasteiger partial charge in [0.15, 0.2) is 0 Å². The molecule has 26 heavy (non-hydrogen) atoms. The van der Waals surface area contributed by atoms with Gasteiger partial charge < -0.3 is 9.64 Å². The molecule has 0 radical (unpaired) electrons.